The van der Waals surface area contributed by atoms with Crippen LogP contribution in [0.3, 0.4) is 0 Å². The molecule has 4 rings (SSSR count). The van der Waals surface area contributed by atoms with Gasteiger partial charge in [0.05, 0.1) is 25.9 Å². The molecule has 0 radical (unpaired) electrons. The van der Waals surface area contributed by atoms with E-state index >= 15 is 0 Å². The molecule has 2 heterocycles. The highest BCUT2D eigenvalue weighted by molar-refractivity contribution is 5.89. The van der Waals surface area contributed by atoms with Gasteiger partial charge in [-0.2, -0.15) is 0 Å². The van der Waals surface area contributed by atoms with E-state index < -0.39 is 0 Å². The van der Waals surface area contributed by atoms with Gasteiger partial charge in [-0.05, 0) is 120 Å². The van der Waals surface area contributed by atoms with E-state index in [-0.39, 0.29) is 5.97 Å². The SMILES string of the molecule is CC=Cc1ccc(OCCCCC2CCCCN2)cc1.COC(=O)c1ccc(OCCCN2CCCCC2)cc1. The lowest BCUT2D eigenvalue weighted by Gasteiger charge is -2.26. The third kappa shape index (κ3) is 12.6. The molecule has 1 N–H and O–H groups in total. The number of likely N-dealkylation sites (tertiary alicyclic amines) is 1. The Hall–Kier alpha value is -2.83. The Labute approximate surface area is 242 Å². The van der Waals surface area contributed by atoms with E-state index in [1.54, 1.807) is 12.1 Å². The zero-order valence-corrected chi connectivity index (χ0v) is 24.7. The molecule has 2 aromatic carbocycles. The number of unbranched alkanes of at least 4 members (excludes halogenated alkanes) is 1. The monoisotopic (exact) mass is 550 g/mol. The fourth-order valence-electron chi connectivity index (χ4n) is 5.19. The first-order chi connectivity index (χ1) is 19.7. The summed E-state index contributed by atoms with van der Waals surface area (Å²) < 4.78 is 16.1. The number of nitrogens with zero attached hydrogens (tertiary/aromatic N) is 1. The van der Waals surface area contributed by atoms with Gasteiger partial charge in [-0.1, -0.05) is 37.1 Å². The lowest BCUT2D eigenvalue weighted by atomic mass is 10.00. The molecule has 2 saturated heterocycles. The van der Waals surface area contributed by atoms with Crippen molar-refractivity contribution in [3.05, 3.63) is 65.7 Å². The number of methoxy groups -OCH3 is 1. The summed E-state index contributed by atoms with van der Waals surface area (Å²) in [6.45, 7) is 8.36. The molecule has 0 aliphatic carbocycles. The maximum Gasteiger partial charge on any atom is 0.337 e. The quantitative estimate of drug-likeness (QED) is 0.211. The summed E-state index contributed by atoms with van der Waals surface area (Å²) in [5.41, 5.74) is 1.77. The summed E-state index contributed by atoms with van der Waals surface area (Å²) in [5, 5.41) is 3.60. The molecule has 0 bridgehead atoms. The number of carbonyl (C=O) groups is 1. The predicted molar refractivity (Wildman–Crippen MR) is 164 cm³/mol. The zero-order valence-electron chi connectivity index (χ0n) is 24.7. The van der Waals surface area contributed by atoms with Crippen LogP contribution in [0, 0.1) is 0 Å². The highest BCUT2D eigenvalue weighted by Crippen LogP contribution is 2.16. The van der Waals surface area contributed by atoms with Crippen molar-refractivity contribution in [1.29, 1.82) is 0 Å². The zero-order chi connectivity index (χ0) is 28.3. The Balaban J connectivity index is 0.000000220. The van der Waals surface area contributed by atoms with Crippen LogP contribution in [0.15, 0.2) is 54.6 Å². The number of ether oxygens (including phenoxy) is 3. The van der Waals surface area contributed by atoms with E-state index in [2.05, 4.69) is 51.4 Å². The van der Waals surface area contributed by atoms with Crippen LogP contribution in [0.2, 0.25) is 0 Å². The molecular formula is C34H50N2O4. The summed E-state index contributed by atoms with van der Waals surface area (Å²) in [4.78, 5) is 13.8. The fraction of sp³-hybridized carbons (Fsp3) is 0.559. The summed E-state index contributed by atoms with van der Waals surface area (Å²) in [7, 11) is 1.38. The summed E-state index contributed by atoms with van der Waals surface area (Å²) >= 11 is 0. The van der Waals surface area contributed by atoms with Crippen molar-refractivity contribution in [1.82, 2.24) is 10.2 Å². The van der Waals surface area contributed by atoms with Crippen molar-refractivity contribution in [2.24, 2.45) is 0 Å². The molecule has 0 saturated carbocycles. The van der Waals surface area contributed by atoms with Crippen molar-refractivity contribution in [2.45, 2.75) is 77.2 Å². The smallest absolute Gasteiger partial charge is 0.337 e. The molecule has 2 fully saturated rings. The van der Waals surface area contributed by atoms with Crippen molar-refractivity contribution < 1.29 is 19.0 Å². The molecule has 1 atom stereocenters. The molecule has 1 unspecified atom stereocenters. The van der Waals surface area contributed by atoms with Gasteiger partial charge in [-0.25, -0.2) is 4.79 Å². The van der Waals surface area contributed by atoms with Gasteiger partial charge in [0, 0.05) is 12.6 Å². The number of nitrogens with one attached hydrogen (secondary N) is 1. The number of carbonyl (C=O) groups excluding carboxylic acids is 1. The molecule has 2 aromatic rings. The Morgan fingerprint density at radius 1 is 0.875 bits per heavy atom. The van der Waals surface area contributed by atoms with Crippen LogP contribution in [0.25, 0.3) is 6.08 Å². The van der Waals surface area contributed by atoms with E-state index in [9.17, 15) is 4.79 Å². The molecule has 0 spiro atoms. The van der Waals surface area contributed by atoms with Crippen LogP contribution in [0.4, 0.5) is 0 Å². The van der Waals surface area contributed by atoms with Crippen molar-refractivity contribution >= 4 is 12.0 Å². The summed E-state index contributed by atoms with van der Waals surface area (Å²) in [6.07, 6.45) is 17.0. The largest absolute Gasteiger partial charge is 0.494 e. The second-order valence-corrected chi connectivity index (χ2v) is 10.7. The van der Waals surface area contributed by atoms with Gasteiger partial charge in [-0.3, -0.25) is 0 Å². The van der Waals surface area contributed by atoms with E-state index in [1.807, 2.05) is 19.1 Å². The van der Waals surface area contributed by atoms with Crippen LogP contribution in [0.1, 0.15) is 87.1 Å². The number of allylic oxidation sites excluding steroid dienone is 1. The predicted octanol–water partition coefficient (Wildman–Crippen LogP) is 7.14. The first-order valence-corrected chi connectivity index (χ1v) is 15.3. The van der Waals surface area contributed by atoms with Crippen LogP contribution >= 0.6 is 0 Å². The second kappa shape index (κ2) is 19.3. The first kappa shape index (κ1) is 31.7. The van der Waals surface area contributed by atoms with Crippen LogP contribution < -0.4 is 14.8 Å². The molecule has 0 aromatic heterocycles. The molecule has 6 heteroatoms. The maximum absolute atomic E-state index is 11.3. The van der Waals surface area contributed by atoms with Crippen LogP contribution in [0.5, 0.6) is 11.5 Å². The molecule has 40 heavy (non-hydrogen) atoms. The fourth-order valence-corrected chi connectivity index (χ4v) is 5.19. The molecule has 2 aliphatic heterocycles. The molecule has 2 aliphatic rings. The Kier molecular flexibility index (Phi) is 15.3. The van der Waals surface area contributed by atoms with Gasteiger partial charge in [0.25, 0.3) is 0 Å². The van der Waals surface area contributed by atoms with Crippen LogP contribution in [-0.4, -0.2) is 63.4 Å². The van der Waals surface area contributed by atoms with Gasteiger partial charge >= 0.3 is 5.97 Å². The second-order valence-electron chi connectivity index (χ2n) is 10.7. The standard InChI is InChI=1S/C18H27NO.C16H23NO3/c1-2-7-16-10-12-18(13-11-16)20-15-6-4-9-17-8-3-5-14-19-17;1-19-16(18)14-6-8-15(9-7-14)20-13-5-12-17-10-3-2-4-11-17/h2,7,10-13,17,19H,3-6,8-9,14-15H2,1H3;6-9H,2-5,10-13H2,1H3. The Bertz CT molecular complexity index is 962. The van der Waals surface area contributed by atoms with E-state index in [0.29, 0.717) is 12.2 Å². The van der Waals surface area contributed by atoms with Crippen molar-refractivity contribution in [3.8, 4) is 11.5 Å². The lowest BCUT2D eigenvalue weighted by molar-refractivity contribution is 0.0600. The molecule has 0 amide bonds. The number of piperidine rings is 2. The van der Waals surface area contributed by atoms with Gasteiger partial charge in [0.2, 0.25) is 0 Å². The van der Waals surface area contributed by atoms with Gasteiger partial charge in [0.1, 0.15) is 11.5 Å². The third-order valence-corrected chi connectivity index (χ3v) is 7.48. The van der Waals surface area contributed by atoms with Gasteiger partial charge < -0.3 is 24.4 Å². The number of hydrogen-bond donors (Lipinski definition) is 1. The average molecular weight is 551 g/mol. The Morgan fingerprint density at radius 2 is 1.55 bits per heavy atom. The van der Waals surface area contributed by atoms with Gasteiger partial charge in [-0.15, -0.1) is 0 Å². The Morgan fingerprint density at radius 3 is 2.17 bits per heavy atom. The van der Waals surface area contributed by atoms with E-state index in [4.69, 9.17) is 9.47 Å². The van der Waals surface area contributed by atoms with Crippen molar-refractivity contribution in [3.63, 3.8) is 0 Å². The summed E-state index contributed by atoms with van der Waals surface area (Å²) in [6, 6.07) is 16.1. The van der Waals surface area contributed by atoms with E-state index in [0.717, 1.165) is 43.5 Å². The number of rotatable bonds is 13. The first-order valence-electron chi connectivity index (χ1n) is 15.3. The minimum absolute atomic E-state index is 0.318. The highest BCUT2D eigenvalue weighted by Gasteiger charge is 2.11. The van der Waals surface area contributed by atoms with Crippen LogP contribution in [-0.2, 0) is 4.74 Å². The molecule has 6 nitrogen and oxygen atoms in total. The number of esters is 1. The third-order valence-electron chi connectivity index (χ3n) is 7.48. The molecule has 220 valence electrons. The maximum atomic E-state index is 11.3. The van der Waals surface area contributed by atoms with Gasteiger partial charge in [0.15, 0.2) is 0 Å². The molecular weight excluding hydrogens is 500 g/mol. The number of benzene rings is 2. The minimum atomic E-state index is -0.318. The minimum Gasteiger partial charge on any atom is -0.494 e. The summed E-state index contributed by atoms with van der Waals surface area (Å²) in [5.74, 6) is 1.46. The topological polar surface area (TPSA) is 60.0 Å². The highest BCUT2D eigenvalue weighted by atomic mass is 16.5. The lowest BCUT2D eigenvalue weighted by Crippen LogP contribution is -2.33. The number of hydrogen-bond acceptors (Lipinski definition) is 6. The normalized spacial score (nSPS) is 17.6. The van der Waals surface area contributed by atoms with E-state index in [1.165, 1.54) is 83.7 Å². The average Bonchev–Trinajstić information content (AvgIpc) is 3.01. The van der Waals surface area contributed by atoms with Crippen molar-refractivity contribution in [2.75, 3.05) is 46.5 Å².